The van der Waals surface area contributed by atoms with Gasteiger partial charge in [0.25, 0.3) is 0 Å². The molecule has 0 aliphatic heterocycles. The SMILES string of the molecule is Oc1ccc(O)c(/C=N/N=C/c2ccccc2)c1. The zero-order valence-corrected chi connectivity index (χ0v) is 9.56. The first kappa shape index (κ1) is 11.9. The summed E-state index contributed by atoms with van der Waals surface area (Å²) in [5, 5.41) is 26.4. The van der Waals surface area contributed by atoms with Gasteiger partial charge in [-0.05, 0) is 23.8 Å². The zero-order chi connectivity index (χ0) is 12.8. The summed E-state index contributed by atoms with van der Waals surface area (Å²) in [6, 6.07) is 13.8. The van der Waals surface area contributed by atoms with Crippen molar-refractivity contribution in [1.29, 1.82) is 0 Å². The molecule has 90 valence electrons. The number of benzene rings is 2. The zero-order valence-electron chi connectivity index (χ0n) is 9.56. The Morgan fingerprint density at radius 1 is 0.833 bits per heavy atom. The van der Waals surface area contributed by atoms with Crippen molar-refractivity contribution in [2.24, 2.45) is 10.2 Å². The molecule has 0 atom stereocenters. The van der Waals surface area contributed by atoms with Crippen LogP contribution in [0.4, 0.5) is 0 Å². The molecule has 0 aromatic heterocycles. The highest BCUT2D eigenvalue weighted by Gasteiger charge is 1.98. The van der Waals surface area contributed by atoms with Crippen LogP contribution >= 0.6 is 0 Å². The van der Waals surface area contributed by atoms with Crippen LogP contribution in [0, 0.1) is 0 Å². The van der Waals surface area contributed by atoms with E-state index >= 15 is 0 Å². The largest absolute Gasteiger partial charge is 0.508 e. The number of phenolic OH excluding ortho intramolecular Hbond substituents is 2. The van der Waals surface area contributed by atoms with Crippen LogP contribution in [0.5, 0.6) is 11.5 Å². The topological polar surface area (TPSA) is 65.2 Å². The molecule has 2 aromatic carbocycles. The molecule has 0 fully saturated rings. The van der Waals surface area contributed by atoms with Gasteiger partial charge in [-0.15, -0.1) is 0 Å². The Morgan fingerprint density at radius 3 is 2.33 bits per heavy atom. The van der Waals surface area contributed by atoms with E-state index in [-0.39, 0.29) is 11.5 Å². The summed E-state index contributed by atoms with van der Waals surface area (Å²) in [5.41, 5.74) is 1.36. The van der Waals surface area contributed by atoms with Crippen molar-refractivity contribution in [3.63, 3.8) is 0 Å². The van der Waals surface area contributed by atoms with Crippen LogP contribution < -0.4 is 0 Å². The van der Waals surface area contributed by atoms with Gasteiger partial charge in [-0.25, -0.2) is 0 Å². The average molecular weight is 240 g/mol. The van der Waals surface area contributed by atoms with E-state index in [1.807, 2.05) is 30.3 Å². The maximum Gasteiger partial charge on any atom is 0.124 e. The van der Waals surface area contributed by atoms with E-state index in [1.165, 1.54) is 24.4 Å². The molecule has 4 nitrogen and oxygen atoms in total. The van der Waals surface area contributed by atoms with Gasteiger partial charge in [0.15, 0.2) is 0 Å². The standard InChI is InChI=1S/C14H12N2O2/c17-13-6-7-14(18)12(8-13)10-16-15-9-11-4-2-1-3-5-11/h1-10,17-18H/b15-9+,16-10+. The van der Waals surface area contributed by atoms with Crippen LogP contribution in [0.15, 0.2) is 58.7 Å². The van der Waals surface area contributed by atoms with Gasteiger partial charge in [-0.2, -0.15) is 10.2 Å². The van der Waals surface area contributed by atoms with Crippen LogP contribution in [-0.2, 0) is 0 Å². The highest BCUT2D eigenvalue weighted by molar-refractivity contribution is 5.85. The van der Waals surface area contributed by atoms with Crippen LogP contribution in [0.25, 0.3) is 0 Å². The fraction of sp³-hybridized carbons (Fsp3) is 0. The lowest BCUT2D eigenvalue weighted by Gasteiger charge is -1.97. The lowest BCUT2D eigenvalue weighted by molar-refractivity contribution is 0.459. The lowest BCUT2D eigenvalue weighted by atomic mass is 10.2. The van der Waals surface area contributed by atoms with Crippen molar-refractivity contribution in [2.75, 3.05) is 0 Å². The number of hydrogen-bond donors (Lipinski definition) is 2. The maximum absolute atomic E-state index is 9.50. The number of nitrogens with zero attached hydrogens (tertiary/aromatic N) is 2. The van der Waals surface area contributed by atoms with Crippen molar-refractivity contribution in [1.82, 2.24) is 0 Å². The summed E-state index contributed by atoms with van der Waals surface area (Å²) in [7, 11) is 0. The molecule has 0 aliphatic carbocycles. The maximum atomic E-state index is 9.50. The Balaban J connectivity index is 2.08. The monoisotopic (exact) mass is 240 g/mol. The molecule has 0 amide bonds. The highest BCUT2D eigenvalue weighted by atomic mass is 16.3. The molecule has 2 rings (SSSR count). The summed E-state index contributed by atoms with van der Waals surface area (Å²) in [5.74, 6) is 0.118. The smallest absolute Gasteiger partial charge is 0.124 e. The number of aromatic hydroxyl groups is 2. The molecule has 0 spiro atoms. The molecular weight excluding hydrogens is 228 g/mol. The van der Waals surface area contributed by atoms with Crippen molar-refractivity contribution in [2.45, 2.75) is 0 Å². The molecule has 0 bridgehead atoms. The van der Waals surface area contributed by atoms with Crippen molar-refractivity contribution >= 4 is 12.4 Å². The van der Waals surface area contributed by atoms with Gasteiger partial charge >= 0.3 is 0 Å². The molecule has 2 aromatic rings. The number of phenols is 2. The molecule has 0 saturated carbocycles. The van der Waals surface area contributed by atoms with E-state index in [2.05, 4.69) is 10.2 Å². The quantitative estimate of drug-likeness (QED) is 0.492. The molecular formula is C14H12N2O2. The minimum atomic E-state index is 0.0476. The van der Waals surface area contributed by atoms with Gasteiger partial charge in [0.05, 0.1) is 12.4 Å². The second-order valence-corrected chi connectivity index (χ2v) is 3.64. The van der Waals surface area contributed by atoms with Gasteiger partial charge in [0.1, 0.15) is 11.5 Å². The molecule has 18 heavy (non-hydrogen) atoms. The lowest BCUT2D eigenvalue weighted by Crippen LogP contribution is -1.82. The van der Waals surface area contributed by atoms with Crippen LogP contribution in [0.2, 0.25) is 0 Å². The third kappa shape index (κ3) is 3.18. The number of rotatable bonds is 3. The molecule has 0 heterocycles. The van der Waals surface area contributed by atoms with Crippen molar-refractivity contribution in [3.8, 4) is 11.5 Å². The molecule has 2 N–H and O–H groups in total. The summed E-state index contributed by atoms with van der Waals surface area (Å²) < 4.78 is 0. The fourth-order valence-corrected chi connectivity index (χ4v) is 1.38. The molecule has 0 unspecified atom stereocenters. The van der Waals surface area contributed by atoms with Gasteiger partial charge in [-0.3, -0.25) is 0 Å². The Morgan fingerprint density at radius 2 is 1.56 bits per heavy atom. The van der Waals surface area contributed by atoms with E-state index < -0.39 is 0 Å². The molecule has 0 aliphatic rings. The Labute approximate surface area is 105 Å². The highest BCUT2D eigenvalue weighted by Crippen LogP contribution is 2.20. The third-order valence-corrected chi connectivity index (χ3v) is 2.28. The van der Waals surface area contributed by atoms with Crippen LogP contribution in [0.1, 0.15) is 11.1 Å². The second-order valence-electron chi connectivity index (χ2n) is 3.64. The predicted octanol–water partition coefficient (Wildman–Crippen LogP) is 2.55. The van der Waals surface area contributed by atoms with Gasteiger partial charge in [-0.1, -0.05) is 30.3 Å². The molecule has 0 radical (unpaired) electrons. The Kier molecular flexibility index (Phi) is 3.71. The van der Waals surface area contributed by atoms with Crippen LogP contribution in [0.3, 0.4) is 0 Å². The van der Waals surface area contributed by atoms with Crippen molar-refractivity contribution < 1.29 is 10.2 Å². The van der Waals surface area contributed by atoms with E-state index in [1.54, 1.807) is 6.21 Å². The van der Waals surface area contributed by atoms with Gasteiger partial charge in [0.2, 0.25) is 0 Å². The summed E-state index contributed by atoms with van der Waals surface area (Å²) in [4.78, 5) is 0. The minimum absolute atomic E-state index is 0.0476. The first-order valence-electron chi connectivity index (χ1n) is 5.39. The molecule has 0 saturated heterocycles. The summed E-state index contributed by atoms with van der Waals surface area (Å²) in [6.07, 6.45) is 2.99. The van der Waals surface area contributed by atoms with Gasteiger partial charge in [0, 0.05) is 5.56 Å². The third-order valence-electron chi connectivity index (χ3n) is 2.28. The van der Waals surface area contributed by atoms with Gasteiger partial charge < -0.3 is 10.2 Å². The minimum Gasteiger partial charge on any atom is -0.508 e. The van der Waals surface area contributed by atoms with E-state index in [9.17, 15) is 10.2 Å². The van der Waals surface area contributed by atoms with E-state index in [0.717, 1.165) is 5.56 Å². The predicted molar refractivity (Wildman–Crippen MR) is 71.4 cm³/mol. The Bertz CT molecular complexity index is 578. The van der Waals surface area contributed by atoms with Crippen LogP contribution in [-0.4, -0.2) is 22.6 Å². The summed E-state index contributed by atoms with van der Waals surface area (Å²) >= 11 is 0. The number of hydrogen-bond acceptors (Lipinski definition) is 4. The Hall–Kier alpha value is -2.62. The fourth-order valence-electron chi connectivity index (χ4n) is 1.38. The first-order chi connectivity index (χ1) is 8.75. The normalized spacial score (nSPS) is 11.3. The second kappa shape index (κ2) is 5.63. The van der Waals surface area contributed by atoms with E-state index in [0.29, 0.717) is 5.56 Å². The van der Waals surface area contributed by atoms with Crippen molar-refractivity contribution in [3.05, 3.63) is 59.7 Å². The van der Waals surface area contributed by atoms with E-state index in [4.69, 9.17) is 0 Å². The molecule has 4 heteroatoms. The average Bonchev–Trinajstić information content (AvgIpc) is 2.40. The summed E-state index contributed by atoms with van der Waals surface area (Å²) in [6.45, 7) is 0. The first-order valence-corrected chi connectivity index (χ1v) is 5.39.